The van der Waals surface area contributed by atoms with E-state index in [9.17, 15) is 14.0 Å². The molecule has 0 aromatic heterocycles. The summed E-state index contributed by atoms with van der Waals surface area (Å²) in [4.78, 5) is 22.5. The minimum Gasteiger partial charge on any atom is -0.484 e. The number of hydrogen-bond donors (Lipinski definition) is 2. The van der Waals surface area contributed by atoms with Gasteiger partial charge < -0.3 is 15.2 Å². The van der Waals surface area contributed by atoms with Crippen LogP contribution in [0.1, 0.15) is 26.2 Å². The highest BCUT2D eigenvalue weighted by Crippen LogP contribution is 2.10. The molecule has 0 saturated carbocycles. The first-order valence-corrected chi connectivity index (χ1v) is 6.43. The van der Waals surface area contributed by atoms with Gasteiger partial charge in [0.05, 0.1) is 0 Å². The van der Waals surface area contributed by atoms with Gasteiger partial charge in [-0.15, -0.1) is 0 Å². The number of unbranched alkanes of at least 4 members (excludes halogenated alkanes) is 1. The van der Waals surface area contributed by atoms with Gasteiger partial charge in [0.15, 0.2) is 6.61 Å². The maximum Gasteiger partial charge on any atom is 0.326 e. The SMILES string of the molecule is CCCC[C@H](NC(=O)COc1ccc(F)cc1)C(=O)O. The molecule has 0 fully saturated rings. The Bertz CT molecular complexity index is 447. The smallest absolute Gasteiger partial charge is 0.326 e. The van der Waals surface area contributed by atoms with Gasteiger partial charge in [-0.2, -0.15) is 0 Å². The average Bonchev–Trinajstić information content (AvgIpc) is 2.42. The summed E-state index contributed by atoms with van der Waals surface area (Å²) in [5, 5.41) is 11.4. The molecule has 1 aromatic carbocycles. The number of rotatable bonds is 8. The van der Waals surface area contributed by atoms with Crippen molar-refractivity contribution in [3.8, 4) is 5.75 Å². The Labute approximate surface area is 116 Å². The minimum atomic E-state index is -1.06. The normalized spacial score (nSPS) is 11.7. The van der Waals surface area contributed by atoms with Gasteiger partial charge in [-0.3, -0.25) is 4.79 Å². The van der Waals surface area contributed by atoms with Crippen molar-refractivity contribution in [2.45, 2.75) is 32.2 Å². The van der Waals surface area contributed by atoms with Crippen molar-refractivity contribution in [1.82, 2.24) is 5.32 Å². The Morgan fingerprint density at radius 1 is 1.35 bits per heavy atom. The second-order valence-corrected chi connectivity index (χ2v) is 4.34. The third-order valence-corrected chi connectivity index (χ3v) is 2.66. The van der Waals surface area contributed by atoms with Crippen LogP contribution in [0.15, 0.2) is 24.3 Å². The third kappa shape index (κ3) is 5.69. The number of nitrogens with one attached hydrogen (secondary N) is 1. The van der Waals surface area contributed by atoms with Crippen LogP contribution in [0.4, 0.5) is 4.39 Å². The number of carbonyl (C=O) groups is 2. The summed E-state index contributed by atoms with van der Waals surface area (Å²) in [6, 6.07) is 4.32. The number of aliphatic carboxylic acids is 1. The molecule has 0 bridgehead atoms. The molecule has 1 rings (SSSR count). The van der Waals surface area contributed by atoms with Gasteiger partial charge in [0.25, 0.3) is 5.91 Å². The Morgan fingerprint density at radius 3 is 2.55 bits per heavy atom. The van der Waals surface area contributed by atoms with E-state index in [0.29, 0.717) is 12.2 Å². The lowest BCUT2D eigenvalue weighted by Crippen LogP contribution is -2.42. The Morgan fingerprint density at radius 2 is 2.00 bits per heavy atom. The van der Waals surface area contributed by atoms with Crippen molar-refractivity contribution in [1.29, 1.82) is 0 Å². The minimum absolute atomic E-state index is 0.304. The van der Waals surface area contributed by atoms with E-state index in [1.54, 1.807) is 0 Å². The van der Waals surface area contributed by atoms with Crippen molar-refractivity contribution in [2.75, 3.05) is 6.61 Å². The molecule has 20 heavy (non-hydrogen) atoms. The summed E-state index contributed by atoms with van der Waals surface area (Å²) in [5.74, 6) is -1.62. The van der Waals surface area contributed by atoms with Gasteiger partial charge in [0.1, 0.15) is 17.6 Å². The van der Waals surface area contributed by atoms with Crippen LogP contribution in [-0.2, 0) is 9.59 Å². The summed E-state index contributed by atoms with van der Waals surface area (Å²) in [5.41, 5.74) is 0. The lowest BCUT2D eigenvalue weighted by atomic mass is 10.1. The lowest BCUT2D eigenvalue weighted by molar-refractivity contribution is -0.142. The van der Waals surface area contributed by atoms with Crippen molar-refractivity contribution in [3.05, 3.63) is 30.1 Å². The maximum absolute atomic E-state index is 12.7. The van der Waals surface area contributed by atoms with Crippen LogP contribution >= 0.6 is 0 Å². The fourth-order valence-electron chi connectivity index (χ4n) is 1.58. The zero-order valence-corrected chi connectivity index (χ0v) is 11.3. The Hall–Kier alpha value is -2.11. The highest BCUT2D eigenvalue weighted by Gasteiger charge is 2.19. The van der Waals surface area contributed by atoms with Crippen LogP contribution in [0.3, 0.4) is 0 Å². The molecule has 0 saturated heterocycles. The van der Waals surface area contributed by atoms with Gasteiger partial charge in [-0.1, -0.05) is 19.8 Å². The standard InChI is InChI=1S/C14H18FNO4/c1-2-3-4-12(14(18)19)16-13(17)9-20-11-7-5-10(15)6-8-11/h5-8,12H,2-4,9H2,1H3,(H,16,17)(H,18,19)/t12-/m0/s1. The van der Waals surface area contributed by atoms with Crippen LogP contribution < -0.4 is 10.1 Å². The largest absolute Gasteiger partial charge is 0.484 e. The topological polar surface area (TPSA) is 75.6 Å². The van der Waals surface area contributed by atoms with Gasteiger partial charge >= 0.3 is 5.97 Å². The molecule has 0 heterocycles. The van der Waals surface area contributed by atoms with Crippen molar-refractivity contribution < 1.29 is 23.8 Å². The van der Waals surface area contributed by atoms with E-state index < -0.39 is 23.7 Å². The number of halogens is 1. The van der Waals surface area contributed by atoms with Gasteiger partial charge in [0, 0.05) is 0 Å². The van der Waals surface area contributed by atoms with E-state index in [1.807, 2.05) is 6.92 Å². The first-order chi connectivity index (χ1) is 9.52. The van der Waals surface area contributed by atoms with E-state index >= 15 is 0 Å². The molecule has 1 amide bonds. The van der Waals surface area contributed by atoms with E-state index in [2.05, 4.69) is 5.32 Å². The molecule has 2 N–H and O–H groups in total. The molecular formula is C14H18FNO4. The molecule has 5 nitrogen and oxygen atoms in total. The molecule has 110 valence electrons. The van der Waals surface area contributed by atoms with E-state index in [0.717, 1.165) is 12.8 Å². The highest BCUT2D eigenvalue weighted by molar-refractivity contribution is 5.84. The predicted octanol–water partition coefficient (Wildman–Crippen LogP) is 1.96. The van der Waals surface area contributed by atoms with Gasteiger partial charge in [-0.25, -0.2) is 9.18 Å². The first-order valence-electron chi connectivity index (χ1n) is 6.43. The van der Waals surface area contributed by atoms with E-state index in [1.165, 1.54) is 24.3 Å². The summed E-state index contributed by atoms with van der Waals surface area (Å²) in [7, 11) is 0. The Balaban J connectivity index is 2.41. The Kier molecular flexibility index (Phi) is 6.49. The number of benzene rings is 1. The van der Waals surface area contributed by atoms with Crippen LogP contribution in [0.25, 0.3) is 0 Å². The van der Waals surface area contributed by atoms with E-state index in [-0.39, 0.29) is 6.61 Å². The summed E-state index contributed by atoms with van der Waals surface area (Å²) in [6.45, 7) is 1.64. The summed E-state index contributed by atoms with van der Waals surface area (Å²) in [6.07, 6.45) is 1.95. The zero-order chi connectivity index (χ0) is 15.0. The monoisotopic (exact) mass is 283 g/mol. The van der Waals surface area contributed by atoms with Crippen LogP contribution in [0.5, 0.6) is 5.75 Å². The first kappa shape index (κ1) is 15.9. The number of carboxylic acids is 1. The number of amides is 1. The maximum atomic E-state index is 12.7. The number of hydrogen-bond acceptors (Lipinski definition) is 3. The molecular weight excluding hydrogens is 265 g/mol. The molecule has 0 aliphatic heterocycles. The molecule has 1 atom stereocenters. The summed E-state index contributed by atoms with van der Waals surface area (Å²) >= 11 is 0. The molecule has 0 spiro atoms. The second kappa shape index (κ2) is 8.14. The zero-order valence-electron chi connectivity index (χ0n) is 11.3. The fraction of sp³-hybridized carbons (Fsp3) is 0.429. The average molecular weight is 283 g/mol. The van der Waals surface area contributed by atoms with E-state index in [4.69, 9.17) is 9.84 Å². The lowest BCUT2D eigenvalue weighted by Gasteiger charge is -2.14. The number of carboxylic acid groups (broad SMARTS) is 1. The van der Waals surface area contributed by atoms with Crippen LogP contribution in [0.2, 0.25) is 0 Å². The van der Waals surface area contributed by atoms with Gasteiger partial charge in [0.2, 0.25) is 0 Å². The predicted molar refractivity (Wildman–Crippen MR) is 71.0 cm³/mol. The van der Waals surface area contributed by atoms with Crippen molar-refractivity contribution in [2.24, 2.45) is 0 Å². The van der Waals surface area contributed by atoms with Crippen LogP contribution in [0, 0.1) is 5.82 Å². The number of ether oxygens (including phenoxy) is 1. The molecule has 0 unspecified atom stereocenters. The fourth-order valence-corrected chi connectivity index (χ4v) is 1.58. The van der Waals surface area contributed by atoms with Crippen molar-refractivity contribution in [3.63, 3.8) is 0 Å². The second-order valence-electron chi connectivity index (χ2n) is 4.34. The van der Waals surface area contributed by atoms with Crippen molar-refractivity contribution >= 4 is 11.9 Å². The molecule has 6 heteroatoms. The molecule has 1 aromatic rings. The highest BCUT2D eigenvalue weighted by atomic mass is 19.1. The summed E-state index contributed by atoms with van der Waals surface area (Å²) < 4.78 is 17.8. The number of carbonyl (C=O) groups excluding carboxylic acids is 1. The third-order valence-electron chi connectivity index (χ3n) is 2.66. The quantitative estimate of drug-likeness (QED) is 0.764. The molecule has 0 aliphatic carbocycles. The molecule has 0 aliphatic rings. The molecule has 0 radical (unpaired) electrons. The van der Waals surface area contributed by atoms with Crippen LogP contribution in [-0.4, -0.2) is 29.6 Å². The van der Waals surface area contributed by atoms with Gasteiger partial charge in [-0.05, 0) is 30.7 Å².